The Kier molecular flexibility index (Phi) is 6.11. The van der Waals surface area contributed by atoms with Crippen LogP contribution in [-0.2, 0) is 17.0 Å². The Morgan fingerprint density at radius 2 is 2.00 bits per heavy atom. The summed E-state index contributed by atoms with van der Waals surface area (Å²) < 4.78 is 5.13. The van der Waals surface area contributed by atoms with Crippen LogP contribution in [0.4, 0.5) is 5.13 Å². The summed E-state index contributed by atoms with van der Waals surface area (Å²) in [5.41, 5.74) is 4.45. The summed E-state index contributed by atoms with van der Waals surface area (Å²) in [4.78, 5) is 17.6. The van der Waals surface area contributed by atoms with Gasteiger partial charge in [0.2, 0.25) is 5.91 Å². The van der Waals surface area contributed by atoms with Crippen LogP contribution in [0.1, 0.15) is 33.0 Å². The van der Waals surface area contributed by atoms with E-state index in [-0.39, 0.29) is 5.91 Å². The number of anilines is 1. The van der Waals surface area contributed by atoms with Gasteiger partial charge in [0.25, 0.3) is 0 Å². The molecular formula is C19H21N3O2S2. The minimum absolute atomic E-state index is 0.0435. The van der Waals surface area contributed by atoms with Crippen molar-refractivity contribution in [2.24, 2.45) is 0 Å². The van der Waals surface area contributed by atoms with Gasteiger partial charge < -0.3 is 9.84 Å². The summed E-state index contributed by atoms with van der Waals surface area (Å²) in [5.74, 6) is 1.86. The zero-order valence-electron chi connectivity index (χ0n) is 15.0. The summed E-state index contributed by atoms with van der Waals surface area (Å²) in [7, 11) is 0. The molecule has 2 heterocycles. The van der Waals surface area contributed by atoms with E-state index < -0.39 is 0 Å². The number of hydrogen-bond acceptors (Lipinski definition) is 6. The average molecular weight is 388 g/mol. The molecule has 0 radical (unpaired) electrons. The Bertz CT molecular complexity index is 865. The van der Waals surface area contributed by atoms with Crippen LogP contribution >= 0.6 is 23.1 Å². The van der Waals surface area contributed by atoms with Crippen LogP contribution in [0.3, 0.4) is 0 Å². The summed E-state index contributed by atoms with van der Waals surface area (Å²) in [6, 6.07) is 8.46. The molecule has 5 nitrogen and oxygen atoms in total. The fourth-order valence-electron chi connectivity index (χ4n) is 2.46. The maximum Gasteiger partial charge on any atom is 0.236 e. The number of amides is 1. The molecule has 0 bridgehead atoms. The molecule has 0 aliphatic rings. The zero-order valence-corrected chi connectivity index (χ0v) is 16.7. The Morgan fingerprint density at radius 1 is 1.23 bits per heavy atom. The molecule has 136 valence electrons. The number of benzene rings is 1. The van der Waals surface area contributed by atoms with E-state index in [0.717, 1.165) is 28.3 Å². The monoisotopic (exact) mass is 387 g/mol. The number of thioether (sulfide) groups is 1. The number of aromatic nitrogens is 2. The minimum Gasteiger partial charge on any atom is -0.361 e. The number of carbonyl (C=O) groups excluding carboxylic acids is 1. The van der Waals surface area contributed by atoms with Gasteiger partial charge in [0.05, 0.1) is 11.4 Å². The molecular weight excluding hydrogens is 366 g/mol. The zero-order chi connectivity index (χ0) is 18.5. The third-order valence-electron chi connectivity index (χ3n) is 3.96. The molecule has 3 rings (SSSR count). The quantitative estimate of drug-likeness (QED) is 0.645. The highest BCUT2D eigenvalue weighted by Gasteiger charge is 2.11. The van der Waals surface area contributed by atoms with Crippen molar-refractivity contribution in [3.05, 3.63) is 63.5 Å². The Balaban J connectivity index is 1.47. The number of aryl methyl sites for hydroxylation is 3. The van der Waals surface area contributed by atoms with Crippen LogP contribution < -0.4 is 5.32 Å². The van der Waals surface area contributed by atoms with Crippen molar-refractivity contribution in [1.29, 1.82) is 0 Å². The van der Waals surface area contributed by atoms with Crippen LogP contribution in [0, 0.1) is 20.8 Å². The highest BCUT2D eigenvalue weighted by atomic mass is 32.2. The Labute approximate surface area is 161 Å². The number of hydrogen-bond donors (Lipinski definition) is 1. The third kappa shape index (κ3) is 4.95. The summed E-state index contributed by atoms with van der Waals surface area (Å²) in [5, 5.41) is 7.45. The lowest BCUT2D eigenvalue weighted by atomic mass is 10.1. The lowest BCUT2D eigenvalue weighted by Crippen LogP contribution is -2.13. The minimum atomic E-state index is -0.0435. The maximum atomic E-state index is 12.1. The molecule has 3 aromatic rings. The van der Waals surface area contributed by atoms with Crippen LogP contribution in [0.2, 0.25) is 0 Å². The molecule has 0 aliphatic heterocycles. The van der Waals surface area contributed by atoms with Crippen molar-refractivity contribution >= 4 is 34.1 Å². The standard InChI is InChI=1S/C19H21N3O2S2/c1-12-4-6-15(7-5-12)8-16-9-20-19(26-16)21-18(23)11-25-10-17-13(2)22-24-14(17)3/h4-7,9H,8,10-11H2,1-3H3,(H,20,21,23). The molecule has 0 unspecified atom stereocenters. The first-order valence-electron chi connectivity index (χ1n) is 8.31. The lowest BCUT2D eigenvalue weighted by Gasteiger charge is -2.02. The van der Waals surface area contributed by atoms with Crippen molar-refractivity contribution in [3.63, 3.8) is 0 Å². The topological polar surface area (TPSA) is 68.0 Å². The smallest absolute Gasteiger partial charge is 0.236 e. The highest BCUT2D eigenvalue weighted by Crippen LogP contribution is 2.23. The van der Waals surface area contributed by atoms with Crippen LogP contribution in [-0.4, -0.2) is 21.8 Å². The van der Waals surface area contributed by atoms with E-state index in [4.69, 9.17) is 4.52 Å². The molecule has 0 saturated carbocycles. The van der Waals surface area contributed by atoms with Gasteiger partial charge >= 0.3 is 0 Å². The van der Waals surface area contributed by atoms with Crippen molar-refractivity contribution in [1.82, 2.24) is 10.1 Å². The van der Waals surface area contributed by atoms with E-state index in [2.05, 4.69) is 46.6 Å². The number of rotatable bonds is 7. The van der Waals surface area contributed by atoms with E-state index in [1.807, 2.05) is 20.0 Å². The van der Waals surface area contributed by atoms with Crippen LogP contribution in [0.15, 0.2) is 35.0 Å². The van der Waals surface area contributed by atoms with E-state index >= 15 is 0 Å². The molecule has 1 N–H and O–H groups in total. The second kappa shape index (κ2) is 8.51. The number of nitrogens with one attached hydrogen (secondary N) is 1. The van der Waals surface area contributed by atoms with Crippen LogP contribution in [0.25, 0.3) is 0 Å². The predicted molar refractivity (Wildman–Crippen MR) is 107 cm³/mol. The molecule has 26 heavy (non-hydrogen) atoms. The van der Waals surface area contributed by atoms with Gasteiger partial charge in [0.15, 0.2) is 5.13 Å². The molecule has 0 aliphatic carbocycles. The van der Waals surface area contributed by atoms with Crippen LogP contribution in [0.5, 0.6) is 0 Å². The summed E-state index contributed by atoms with van der Waals surface area (Å²) in [6.45, 7) is 5.88. The predicted octanol–water partition coefficient (Wildman–Crippen LogP) is 4.52. The van der Waals surface area contributed by atoms with Crippen molar-refractivity contribution in [3.8, 4) is 0 Å². The summed E-state index contributed by atoms with van der Waals surface area (Å²) in [6.07, 6.45) is 2.66. The molecule has 2 aromatic heterocycles. The van der Waals surface area contributed by atoms with E-state index in [1.165, 1.54) is 22.5 Å². The van der Waals surface area contributed by atoms with E-state index in [0.29, 0.717) is 16.6 Å². The Morgan fingerprint density at radius 3 is 2.69 bits per heavy atom. The third-order valence-corrected chi connectivity index (χ3v) is 5.83. The first-order chi connectivity index (χ1) is 12.5. The SMILES string of the molecule is Cc1ccc(Cc2cnc(NC(=O)CSCc3c(C)noc3C)s2)cc1. The molecule has 1 aromatic carbocycles. The van der Waals surface area contributed by atoms with Gasteiger partial charge in [-0.1, -0.05) is 35.0 Å². The molecule has 0 saturated heterocycles. The fourth-order valence-corrected chi connectivity index (χ4v) is 4.30. The van der Waals surface area contributed by atoms with E-state index in [9.17, 15) is 4.79 Å². The van der Waals surface area contributed by atoms with Gasteiger partial charge in [0.1, 0.15) is 5.76 Å². The largest absolute Gasteiger partial charge is 0.361 e. The van der Waals surface area contributed by atoms with Gasteiger partial charge in [0, 0.05) is 28.8 Å². The summed E-state index contributed by atoms with van der Waals surface area (Å²) >= 11 is 3.06. The molecule has 7 heteroatoms. The molecule has 0 atom stereocenters. The van der Waals surface area contributed by atoms with Gasteiger partial charge in [-0.25, -0.2) is 4.98 Å². The first-order valence-corrected chi connectivity index (χ1v) is 10.3. The molecule has 0 fully saturated rings. The lowest BCUT2D eigenvalue weighted by molar-refractivity contribution is -0.113. The Hall–Kier alpha value is -2.12. The maximum absolute atomic E-state index is 12.1. The highest BCUT2D eigenvalue weighted by molar-refractivity contribution is 7.99. The van der Waals surface area contributed by atoms with Crippen molar-refractivity contribution < 1.29 is 9.32 Å². The number of thiazole rings is 1. The van der Waals surface area contributed by atoms with E-state index in [1.54, 1.807) is 11.8 Å². The van der Waals surface area contributed by atoms with Crippen molar-refractivity contribution in [2.75, 3.05) is 11.1 Å². The second-order valence-electron chi connectivity index (χ2n) is 6.14. The number of carbonyl (C=O) groups is 1. The van der Waals surface area contributed by atoms with Gasteiger partial charge in [-0.2, -0.15) is 0 Å². The molecule has 0 spiro atoms. The second-order valence-corrected chi connectivity index (χ2v) is 8.24. The van der Waals surface area contributed by atoms with Gasteiger partial charge in [-0.15, -0.1) is 23.1 Å². The van der Waals surface area contributed by atoms with Gasteiger partial charge in [-0.05, 0) is 26.3 Å². The first kappa shape index (κ1) is 18.7. The number of nitrogens with zero attached hydrogens (tertiary/aromatic N) is 2. The average Bonchev–Trinajstić information content (AvgIpc) is 3.17. The molecule has 1 amide bonds. The van der Waals surface area contributed by atoms with Crippen molar-refractivity contribution in [2.45, 2.75) is 32.9 Å². The fraction of sp³-hybridized carbons (Fsp3) is 0.316. The van der Waals surface area contributed by atoms with Gasteiger partial charge in [-0.3, -0.25) is 4.79 Å². The normalized spacial score (nSPS) is 10.9.